The van der Waals surface area contributed by atoms with Crippen molar-refractivity contribution in [3.05, 3.63) is 52.4 Å². The number of hydrogen-bond donors (Lipinski definition) is 2. The van der Waals surface area contributed by atoms with E-state index in [-0.39, 0.29) is 15.9 Å². The smallest absolute Gasteiger partial charge is 0.417 e. The summed E-state index contributed by atoms with van der Waals surface area (Å²) >= 11 is 4.32. The molecule has 2 N–H and O–H groups in total. The molecule has 1 atom stereocenters. The van der Waals surface area contributed by atoms with Crippen molar-refractivity contribution in [3.8, 4) is 0 Å². The molecule has 2 aromatic rings. The molecule has 2 amide bonds. The molecule has 0 spiro atoms. The highest BCUT2D eigenvalue weighted by atomic mass is 79.9. The third-order valence-corrected chi connectivity index (χ3v) is 4.85. The number of anilines is 1. The highest BCUT2D eigenvalue weighted by molar-refractivity contribution is 9.10. The predicted octanol–water partition coefficient (Wildman–Crippen LogP) is 4.55. The average Bonchev–Trinajstić information content (AvgIpc) is 3.13. The summed E-state index contributed by atoms with van der Waals surface area (Å²) in [6.45, 7) is 0. The molecule has 0 aliphatic heterocycles. The van der Waals surface area contributed by atoms with Crippen LogP contribution in [-0.4, -0.2) is 29.9 Å². The molecule has 27 heavy (non-hydrogen) atoms. The molecule has 146 valence electrons. The van der Waals surface area contributed by atoms with E-state index < -0.39 is 29.6 Å². The van der Waals surface area contributed by atoms with Gasteiger partial charge in [-0.25, -0.2) is 0 Å². The van der Waals surface area contributed by atoms with Gasteiger partial charge in [-0.1, -0.05) is 15.9 Å². The molecular formula is C17H16BrF3N2O3S. The number of nitrogens with one attached hydrogen (secondary N) is 2. The molecule has 5 nitrogen and oxygen atoms in total. The summed E-state index contributed by atoms with van der Waals surface area (Å²) in [5.74, 6) is -0.572. The molecule has 1 aromatic heterocycles. The number of rotatable bonds is 7. The number of carbonyl (C=O) groups excluding carboxylic acids is 2. The number of alkyl halides is 3. The number of halogens is 4. The summed E-state index contributed by atoms with van der Waals surface area (Å²) in [6.07, 6.45) is -1.09. The zero-order valence-electron chi connectivity index (χ0n) is 14.1. The van der Waals surface area contributed by atoms with Crippen molar-refractivity contribution in [2.45, 2.75) is 18.6 Å². The summed E-state index contributed by atoms with van der Waals surface area (Å²) in [5.41, 5.74) is -0.919. The Morgan fingerprint density at radius 2 is 2.04 bits per heavy atom. The molecule has 1 heterocycles. The summed E-state index contributed by atoms with van der Waals surface area (Å²) < 4.78 is 43.9. The fraction of sp³-hybridized carbons (Fsp3) is 0.294. The van der Waals surface area contributed by atoms with Crippen LogP contribution in [0.2, 0.25) is 0 Å². The van der Waals surface area contributed by atoms with Crippen LogP contribution in [0.3, 0.4) is 0 Å². The number of carbonyl (C=O) groups is 2. The minimum atomic E-state index is -4.56. The van der Waals surface area contributed by atoms with Crippen molar-refractivity contribution in [2.24, 2.45) is 0 Å². The number of benzene rings is 1. The Kier molecular flexibility index (Phi) is 7.37. The lowest BCUT2D eigenvalue weighted by molar-refractivity contribution is -0.138. The quantitative estimate of drug-likeness (QED) is 0.630. The lowest BCUT2D eigenvalue weighted by atomic mass is 10.1. The lowest BCUT2D eigenvalue weighted by Gasteiger charge is -2.18. The van der Waals surface area contributed by atoms with E-state index in [0.29, 0.717) is 12.2 Å². The van der Waals surface area contributed by atoms with Crippen molar-refractivity contribution < 1.29 is 27.2 Å². The second-order valence-corrected chi connectivity index (χ2v) is 7.31. The highest BCUT2D eigenvalue weighted by Gasteiger charge is 2.33. The van der Waals surface area contributed by atoms with Gasteiger partial charge in [-0.3, -0.25) is 9.59 Å². The van der Waals surface area contributed by atoms with Crippen LogP contribution < -0.4 is 10.6 Å². The van der Waals surface area contributed by atoms with Gasteiger partial charge in [-0.05, 0) is 48.8 Å². The van der Waals surface area contributed by atoms with Gasteiger partial charge >= 0.3 is 6.18 Å². The van der Waals surface area contributed by atoms with Gasteiger partial charge in [0.2, 0.25) is 5.91 Å². The van der Waals surface area contributed by atoms with Crippen molar-refractivity contribution in [1.82, 2.24) is 5.32 Å². The first-order valence-electron chi connectivity index (χ1n) is 7.73. The van der Waals surface area contributed by atoms with E-state index in [1.807, 2.05) is 6.26 Å². The second kappa shape index (κ2) is 9.32. The first-order chi connectivity index (χ1) is 12.7. The van der Waals surface area contributed by atoms with Crippen LogP contribution in [0, 0.1) is 0 Å². The molecule has 0 bridgehead atoms. The zero-order chi connectivity index (χ0) is 20.0. The second-order valence-electron chi connectivity index (χ2n) is 5.47. The Hall–Kier alpha value is -1.94. The number of thioether (sulfide) groups is 1. The third kappa shape index (κ3) is 6.03. The maximum atomic E-state index is 13.0. The molecule has 1 aromatic carbocycles. The van der Waals surface area contributed by atoms with Crippen LogP contribution >= 0.6 is 27.7 Å². The molecule has 0 radical (unpaired) electrons. The van der Waals surface area contributed by atoms with Crippen molar-refractivity contribution >= 4 is 45.2 Å². The van der Waals surface area contributed by atoms with E-state index in [1.165, 1.54) is 42.3 Å². The summed E-state index contributed by atoms with van der Waals surface area (Å²) in [6, 6.07) is 5.44. The predicted molar refractivity (Wildman–Crippen MR) is 101 cm³/mol. The van der Waals surface area contributed by atoms with Crippen molar-refractivity contribution in [2.75, 3.05) is 17.3 Å². The largest absolute Gasteiger partial charge is 0.459 e. The topological polar surface area (TPSA) is 71.3 Å². The Bertz CT molecular complexity index is 797. The van der Waals surface area contributed by atoms with Gasteiger partial charge < -0.3 is 15.1 Å². The van der Waals surface area contributed by atoms with Gasteiger partial charge in [0.05, 0.1) is 11.8 Å². The molecule has 0 aliphatic rings. The Morgan fingerprint density at radius 1 is 1.30 bits per heavy atom. The minimum absolute atomic E-state index is 0.0167. The van der Waals surface area contributed by atoms with E-state index in [2.05, 4.69) is 26.6 Å². The molecule has 2 rings (SSSR count). The van der Waals surface area contributed by atoms with Crippen LogP contribution in [0.4, 0.5) is 18.9 Å². The molecule has 0 fully saturated rings. The van der Waals surface area contributed by atoms with Gasteiger partial charge in [-0.2, -0.15) is 24.9 Å². The van der Waals surface area contributed by atoms with Gasteiger partial charge in [0.15, 0.2) is 5.76 Å². The van der Waals surface area contributed by atoms with Gasteiger partial charge in [-0.15, -0.1) is 0 Å². The summed E-state index contributed by atoms with van der Waals surface area (Å²) in [4.78, 5) is 24.6. The maximum Gasteiger partial charge on any atom is 0.417 e. The summed E-state index contributed by atoms with van der Waals surface area (Å²) in [5, 5.41) is 4.97. The fourth-order valence-corrected chi connectivity index (χ4v) is 3.13. The molecule has 0 aliphatic carbocycles. The molecular weight excluding hydrogens is 449 g/mol. The van der Waals surface area contributed by atoms with Gasteiger partial charge in [0.1, 0.15) is 6.04 Å². The third-order valence-electron chi connectivity index (χ3n) is 3.52. The van der Waals surface area contributed by atoms with Gasteiger partial charge in [0, 0.05) is 10.2 Å². The van der Waals surface area contributed by atoms with E-state index in [0.717, 1.165) is 6.07 Å². The van der Waals surface area contributed by atoms with E-state index >= 15 is 0 Å². The van der Waals surface area contributed by atoms with Crippen LogP contribution in [0.5, 0.6) is 0 Å². The van der Waals surface area contributed by atoms with E-state index in [9.17, 15) is 22.8 Å². The fourth-order valence-electron chi connectivity index (χ4n) is 2.19. The Labute approximate surface area is 166 Å². The van der Waals surface area contributed by atoms with Crippen LogP contribution in [0.25, 0.3) is 0 Å². The highest BCUT2D eigenvalue weighted by Crippen LogP contribution is 2.36. The van der Waals surface area contributed by atoms with Crippen molar-refractivity contribution in [1.29, 1.82) is 0 Å². The SMILES string of the molecule is CSCCC(NC(=O)c1ccco1)C(=O)Nc1ccc(Br)c(C(F)(F)F)c1. The van der Waals surface area contributed by atoms with Gasteiger partial charge in [0.25, 0.3) is 5.91 Å². The molecule has 1 unspecified atom stereocenters. The van der Waals surface area contributed by atoms with Crippen LogP contribution in [-0.2, 0) is 11.0 Å². The normalized spacial score (nSPS) is 12.5. The first kappa shape index (κ1) is 21.4. The summed E-state index contributed by atoms with van der Waals surface area (Å²) in [7, 11) is 0. The Balaban J connectivity index is 2.14. The van der Waals surface area contributed by atoms with E-state index in [1.54, 1.807) is 0 Å². The Morgan fingerprint density at radius 3 is 2.63 bits per heavy atom. The zero-order valence-corrected chi connectivity index (χ0v) is 16.5. The average molecular weight is 465 g/mol. The number of hydrogen-bond acceptors (Lipinski definition) is 4. The lowest BCUT2D eigenvalue weighted by Crippen LogP contribution is -2.44. The number of furan rings is 1. The monoisotopic (exact) mass is 464 g/mol. The van der Waals surface area contributed by atoms with E-state index in [4.69, 9.17) is 4.42 Å². The standard InChI is InChI=1S/C17H16BrF3N2O3S/c1-27-8-6-13(23-16(25)14-3-2-7-26-14)15(24)22-10-4-5-12(18)11(9-10)17(19,20)21/h2-5,7,9,13H,6,8H2,1H3,(H,22,24)(H,23,25). The first-order valence-corrected chi connectivity index (χ1v) is 9.92. The van der Waals surface area contributed by atoms with Crippen LogP contribution in [0.15, 0.2) is 45.5 Å². The minimum Gasteiger partial charge on any atom is -0.459 e. The molecule has 10 heteroatoms. The van der Waals surface area contributed by atoms with Crippen LogP contribution in [0.1, 0.15) is 22.5 Å². The molecule has 0 saturated carbocycles. The maximum absolute atomic E-state index is 13.0. The van der Waals surface area contributed by atoms with Crippen molar-refractivity contribution in [3.63, 3.8) is 0 Å². The number of amides is 2. The molecule has 0 saturated heterocycles.